The van der Waals surface area contributed by atoms with Crippen LogP contribution < -0.4 is 11.5 Å². The molecule has 1 saturated carbocycles. The lowest BCUT2D eigenvalue weighted by atomic mass is 9.63. The van der Waals surface area contributed by atoms with Crippen molar-refractivity contribution in [2.45, 2.75) is 51.6 Å². The lowest BCUT2D eigenvalue weighted by Gasteiger charge is -2.47. The van der Waals surface area contributed by atoms with E-state index in [1.165, 1.54) is 0 Å². The van der Waals surface area contributed by atoms with Crippen LogP contribution in [-0.4, -0.2) is 11.6 Å². The third kappa shape index (κ3) is 1.57. The van der Waals surface area contributed by atoms with Crippen molar-refractivity contribution in [1.82, 2.24) is 0 Å². The second kappa shape index (κ2) is 2.46. The Hall–Kier alpha value is -0.0800. The van der Waals surface area contributed by atoms with E-state index in [1.54, 1.807) is 0 Å². The van der Waals surface area contributed by atoms with Gasteiger partial charge >= 0.3 is 0 Å². The van der Waals surface area contributed by atoms with Gasteiger partial charge in [0.2, 0.25) is 0 Å². The van der Waals surface area contributed by atoms with Gasteiger partial charge in [0, 0.05) is 11.6 Å². The van der Waals surface area contributed by atoms with E-state index < -0.39 is 0 Å². The molecule has 4 N–H and O–H groups in total. The van der Waals surface area contributed by atoms with Gasteiger partial charge in [-0.1, -0.05) is 13.8 Å². The molecule has 1 aliphatic carbocycles. The van der Waals surface area contributed by atoms with Crippen molar-refractivity contribution in [2.24, 2.45) is 16.9 Å². The van der Waals surface area contributed by atoms with E-state index in [4.69, 9.17) is 11.5 Å². The first-order chi connectivity index (χ1) is 4.85. The normalized spacial score (nSPS) is 43.9. The van der Waals surface area contributed by atoms with Crippen molar-refractivity contribution in [1.29, 1.82) is 0 Å². The molecular weight excluding hydrogens is 136 g/mol. The van der Waals surface area contributed by atoms with Crippen LogP contribution in [0, 0.1) is 5.41 Å². The zero-order chi connectivity index (χ0) is 8.70. The van der Waals surface area contributed by atoms with Gasteiger partial charge in [-0.2, -0.15) is 0 Å². The van der Waals surface area contributed by atoms with Crippen LogP contribution in [0.5, 0.6) is 0 Å². The predicted octanol–water partition coefficient (Wildman–Crippen LogP) is 1.24. The largest absolute Gasteiger partial charge is 0.328 e. The first kappa shape index (κ1) is 9.01. The lowest BCUT2D eigenvalue weighted by molar-refractivity contribution is 0.102. The Labute approximate surface area is 69.3 Å². The SMILES string of the molecule is CC1(C)CC(N)CCC1(C)N. The summed E-state index contributed by atoms with van der Waals surface area (Å²) in [5.41, 5.74) is 12.2. The Morgan fingerprint density at radius 3 is 2.18 bits per heavy atom. The molecule has 1 rings (SSSR count). The van der Waals surface area contributed by atoms with Crippen molar-refractivity contribution in [3.05, 3.63) is 0 Å². The summed E-state index contributed by atoms with van der Waals surface area (Å²) in [5, 5.41) is 0. The van der Waals surface area contributed by atoms with E-state index in [0.717, 1.165) is 19.3 Å². The highest BCUT2D eigenvalue weighted by atomic mass is 14.8. The van der Waals surface area contributed by atoms with Gasteiger partial charge in [0.1, 0.15) is 0 Å². The first-order valence-electron chi connectivity index (χ1n) is 4.40. The molecule has 0 saturated heterocycles. The zero-order valence-electron chi connectivity index (χ0n) is 7.85. The summed E-state index contributed by atoms with van der Waals surface area (Å²) in [6.07, 6.45) is 3.19. The highest BCUT2D eigenvalue weighted by Crippen LogP contribution is 2.41. The van der Waals surface area contributed by atoms with E-state index in [2.05, 4.69) is 20.8 Å². The van der Waals surface area contributed by atoms with Gasteiger partial charge in [-0.15, -0.1) is 0 Å². The van der Waals surface area contributed by atoms with E-state index >= 15 is 0 Å². The standard InChI is InChI=1S/C9H20N2/c1-8(2)6-7(10)4-5-9(8,3)11/h7H,4-6,10-11H2,1-3H3. The van der Waals surface area contributed by atoms with E-state index in [1.807, 2.05) is 0 Å². The lowest BCUT2D eigenvalue weighted by Crippen LogP contribution is -2.56. The summed E-state index contributed by atoms with van der Waals surface area (Å²) in [7, 11) is 0. The predicted molar refractivity (Wildman–Crippen MR) is 48.2 cm³/mol. The fraction of sp³-hybridized carbons (Fsp3) is 1.00. The molecule has 0 aliphatic heterocycles. The van der Waals surface area contributed by atoms with E-state index in [0.29, 0.717) is 6.04 Å². The second-order valence-electron chi connectivity index (χ2n) is 4.80. The topological polar surface area (TPSA) is 52.0 Å². The molecule has 2 nitrogen and oxygen atoms in total. The molecule has 0 radical (unpaired) electrons. The van der Waals surface area contributed by atoms with Gasteiger partial charge < -0.3 is 11.5 Å². The van der Waals surface area contributed by atoms with Gasteiger partial charge in [0.15, 0.2) is 0 Å². The van der Waals surface area contributed by atoms with Gasteiger partial charge in [-0.3, -0.25) is 0 Å². The maximum atomic E-state index is 6.16. The quantitative estimate of drug-likeness (QED) is 0.554. The molecule has 1 fully saturated rings. The summed E-state index contributed by atoms with van der Waals surface area (Å²) in [5.74, 6) is 0. The third-order valence-corrected chi connectivity index (χ3v) is 3.35. The maximum Gasteiger partial charge on any atom is 0.0178 e. The number of nitrogens with two attached hydrogens (primary N) is 2. The molecule has 0 aromatic heterocycles. The Balaban J connectivity index is 2.72. The first-order valence-corrected chi connectivity index (χ1v) is 4.40. The number of hydrogen-bond donors (Lipinski definition) is 2. The van der Waals surface area contributed by atoms with Crippen LogP contribution in [0.25, 0.3) is 0 Å². The Kier molecular flexibility index (Phi) is 2.01. The van der Waals surface area contributed by atoms with Crippen molar-refractivity contribution < 1.29 is 0 Å². The molecule has 2 atom stereocenters. The van der Waals surface area contributed by atoms with Crippen LogP contribution in [0.4, 0.5) is 0 Å². The Morgan fingerprint density at radius 2 is 1.82 bits per heavy atom. The van der Waals surface area contributed by atoms with Crippen LogP contribution in [0.15, 0.2) is 0 Å². The van der Waals surface area contributed by atoms with Crippen LogP contribution in [0.2, 0.25) is 0 Å². The molecule has 0 amide bonds. The van der Waals surface area contributed by atoms with Crippen LogP contribution in [-0.2, 0) is 0 Å². The molecule has 0 heterocycles. The fourth-order valence-corrected chi connectivity index (χ4v) is 1.81. The van der Waals surface area contributed by atoms with Crippen LogP contribution >= 0.6 is 0 Å². The monoisotopic (exact) mass is 156 g/mol. The molecule has 0 aromatic carbocycles. The summed E-state index contributed by atoms with van der Waals surface area (Å²) in [6.45, 7) is 6.57. The third-order valence-electron chi connectivity index (χ3n) is 3.35. The molecule has 2 heteroatoms. The summed E-state index contributed by atoms with van der Waals surface area (Å²) in [4.78, 5) is 0. The summed E-state index contributed by atoms with van der Waals surface area (Å²) in [6, 6.07) is 0.363. The average molecular weight is 156 g/mol. The molecule has 0 spiro atoms. The minimum absolute atomic E-state index is 0.0249. The van der Waals surface area contributed by atoms with Gasteiger partial charge in [0.25, 0.3) is 0 Å². The van der Waals surface area contributed by atoms with Gasteiger partial charge in [-0.05, 0) is 31.6 Å². The minimum Gasteiger partial charge on any atom is -0.328 e. The second-order valence-corrected chi connectivity index (χ2v) is 4.80. The van der Waals surface area contributed by atoms with Crippen LogP contribution in [0.3, 0.4) is 0 Å². The molecule has 2 unspecified atom stereocenters. The van der Waals surface area contributed by atoms with Gasteiger partial charge in [0.05, 0.1) is 0 Å². The zero-order valence-corrected chi connectivity index (χ0v) is 7.85. The summed E-state index contributed by atoms with van der Waals surface area (Å²) >= 11 is 0. The molecule has 1 aliphatic rings. The smallest absolute Gasteiger partial charge is 0.0178 e. The molecule has 66 valence electrons. The van der Waals surface area contributed by atoms with Crippen molar-refractivity contribution in [2.75, 3.05) is 0 Å². The summed E-state index contributed by atoms with van der Waals surface area (Å²) < 4.78 is 0. The highest BCUT2D eigenvalue weighted by Gasteiger charge is 2.41. The Bertz CT molecular complexity index is 150. The van der Waals surface area contributed by atoms with E-state index in [9.17, 15) is 0 Å². The average Bonchev–Trinajstić information content (AvgIpc) is 1.80. The molecule has 0 bridgehead atoms. The van der Waals surface area contributed by atoms with Crippen molar-refractivity contribution >= 4 is 0 Å². The minimum atomic E-state index is -0.0249. The van der Waals surface area contributed by atoms with Gasteiger partial charge in [-0.25, -0.2) is 0 Å². The molecule has 11 heavy (non-hydrogen) atoms. The highest BCUT2D eigenvalue weighted by molar-refractivity contribution is 5.00. The number of hydrogen-bond acceptors (Lipinski definition) is 2. The van der Waals surface area contributed by atoms with Crippen molar-refractivity contribution in [3.8, 4) is 0 Å². The maximum absolute atomic E-state index is 6.16. The molecule has 0 aromatic rings. The van der Waals surface area contributed by atoms with E-state index in [-0.39, 0.29) is 11.0 Å². The van der Waals surface area contributed by atoms with Crippen LogP contribution in [0.1, 0.15) is 40.0 Å². The molecular formula is C9H20N2. The fourth-order valence-electron chi connectivity index (χ4n) is 1.81. The number of rotatable bonds is 0. The van der Waals surface area contributed by atoms with Crippen molar-refractivity contribution in [3.63, 3.8) is 0 Å². The Morgan fingerprint density at radius 1 is 1.27 bits per heavy atom.